The van der Waals surface area contributed by atoms with Gasteiger partial charge in [-0.05, 0) is 61.0 Å². The summed E-state index contributed by atoms with van der Waals surface area (Å²) in [6.07, 6.45) is 2.31. The minimum atomic E-state index is 0.190. The first-order valence-corrected chi connectivity index (χ1v) is 12.9. The number of methoxy groups -OCH3 is 1. The standard InChI is InChI=1S/C30H32ClN3O2/c1-18(2)27-13-12-26(30(31)33-27)23-7-6-8-25-24(23)11-10-22(29(25)35-5)21-9-14-28(32-15-21)34-16-19(3)36-20(4)17-34/h6-15,18-20H,16-17H2,1-5H3/t19-,20?/m1/s1. The Morgan fingerprint density at radius 3 is 2.31 bits per heavy atom. The van der Waals surface area contributed by atoms with Crippen LogP contribution in [0.3, 0.4) is 0 Å². The molecule has 3 heterocycles. The molecule has 0 aliphatic carbocycles. The molecule has 36 heavy (non-hydrogen) atoms. The molecule has 1 fully saturated rings. The van der Waals surface area contributed by atoms with Gasteiger partial charge in [0.1, 0.15) is 16.7 Å². The maximum atomic E-state index is 6.64. The topological polar surface area (TPSA) is 47.5 Å². The Bertz CT molecular complexity index is 1380. The Morgan fingerprint density at radius 2 is 1.67 bits per heavy atom. The van der Waals surface area contributed by atoms with E-state index in [0.717, 1.165) is 63.4 Å². The number of pyridine rings is 2. The van der Waals surface area contributed by atoms with E-state index in [0.29, 0.717) is 11.1 Å². The van der Waals surface area contributed by atoms with Crippen LogP contribution in [0.4, 0.5) is 5.82 Å². The number of fused-ring (bicyclic) bond motifs is 1. The average Bonchev–Trinajstić information content (AvgIpc) is 2.87. The van der Waals surface area contributed by atoms with Crippen molar-refractivity contribution in [3.05, 3.63) is 71.6 Å². The Kier molecular flexibility index (Phi) is 6.87. The predicted octanol–water partition coefficient (Wildman–Crippen LogP) is 7.36. The lowest BCUT2D eigenvalue weighted by Crippen LogP contribution is -2.45. The van der Waals surface area contributed by atoms with Crippen LogP contribution in [0.1, 0.15) is 39.3 Å². The summed E-state index contributed by atoms with van der Waals surface area (Å²) in [4.78, 5) is 11.7. The first-order valence-electron chi connectivity index (χ1n) is 12.5. The zero-order valence-corrected chi connectivity index (χ0v) is 22.2. The SMILES string of the molecule is COc1c(-c2ccc(N3CC(C)O[C@H](C)C3)nc2)ccc2c(-c3ccc(C(C)C)nc3Cl)cccc12. The smallest absolute Gasteiger partial charge is 0.137 e. The Labute approximate surface area is 218 Å². The molecular weight excluding hydrogens is 470 g/mol. The molecule has 1 aliphatic heterocycles. The zero-order valence-electron chi connectivity index (χ0n) is 21.5. The van der Waals surface area contributed by atoms with Gasteiger partial charge >= 0.3 is 0 Å². The van der Waals surface area contributed by atoms with Crippen molar-refractivity contribution in [1.82, 2.24) is 9.97 Å². The molecular formula is C30H32ClN3O2. The second-order valence-electron chi connectivity index (χ2n) is 9.84. The number of halogens is 1. The summed E-state index contributed by atoms with van der Waals surface area (Å²) in [5.74, 6) is 2.11. The normalized spacial score (nSPS) is 18.1. The van der Waals surface area contributed by atoms with Gasteiger partial charge < -0.3 is 14.4 Å². The van der Waals surface area contributed by atoms with E-state index >= 15 is 0 Å². The van der Waals surface area contributed by atoms with Gasteiger partial charge in [-0.1, -0.05) is 49.7 Å². The minimum absolute atomic E-state index is 0.190. The molecule has 2 aromatic carbocycles. The highest BCUT2D eigenvalue weighted by molar-refractivity contribution is 6.32. The van der Waals surface area contributed by atoms with E-state index in [1.807, 2.05) is 12.3 Å². The lowest BCUT2D eigenvalue weighted by Gasteiger charge is -2.36. The molecule has 5 nitrogen and oxygen atoms in total. The first kappa shape index (κ1) is 24.5. The molecule has 0 amide bonds. The molecule has 4 aromatic rings. The monoisotopic (exact) mass is 501 g/mol. The van der Waals surface area contributed by atoms with Crippen molar-refractivity contribution < 1.29 is 9.47 Å². The molecule has 0 saturated carbocycles. The summed E-state index contributed by atoms with van der Waals surface area (Å²) in [5.41, 5.74) is 4.96. The maximum absolute atomic E-state index is 6.64. The first-order chi connectivity index (χ1) is 17.4. The number of anilines is 1. The van der Waals surface area contributed by atoms with E-state index in [2.05, 4.69) is 86.1 Å². The average molecular weight is 502 g/mol. The minimum Gasteiger partial charge on any atom is -0.495 e. The van der Waals surface area contributed by atoms with Gasteiger partial charge in [-0.3, -0.25) is 0 Å². The van der Waals surface area contributed by atoms with Crippen LogP contribution in [-0.2, 0) is 4.74 Å². The largest absolute Gasteiger partial charge is 0.495 e. The molecule has 2 atom stereocenters. The Hall–Kier alpha value is -3.15. The predicted molar refractivity (Wildman–Crippen MR) is 148 cm³/mol. The third kappa shape index (κ3) is 4.65. The van der Waals surface area contributed by atoms with E-state index in [9.17, 15) is 0 Å². The number of hydrogen-bond donors (Lipinski definition) is 0. The molecule has 1 saturated heterocycles. The van der Waals surface area contributed by atoms with Gasteiger partial charge in [0, 0.05) is 47.1 Å². The van der Waals surface area contributed by atoms with E-state index < -0.39 is 0 Å². The zero-order chi connectivity index (χ0) is 25.4. The summed E-state index contributed by atoms with van der Waals surface area (Å²) in [5, 5.41) is 2.61. The van der Waals surface area contributed by atoms with Crippen LogP contribution in [0.2, 0.25) is 5.15 Å². The number of aromatic nitrogens is 2. The number of nitrogens with zero attached hydrogens (tertiary/aromatic N) is 3. The quantitative estimate of drug-likeness (QED) is 0.267. The van der Waals surface area contributed by atoms with Gasteiger partial charge in [-0.2, -0.15) is 0 Å². The molecule has 1 unspecified atom stereocenters. The van der Waals surface area contributed by atoms with Crippen molar-refractivity contribution in [3.8, 4) is 28.0 Å². The molecule has 1 aliphatic rings. The fourth-order valence-corrected chi connectivity index (χ4v) is 5.34. The number of rotatable bonds is 5. The van der Waals surface area contributed by atoms with Gasteiger partial charge in [0.05, 0.1) is 19.3 Å². The molecule has 6 heteroatoms. The molecule has 186 valence electrons. The van der Waals surface area contributed by atoms with Crippen molar-refractivity contribution in [3.63, 3.8) is 0 Å². The highest BCUT2D eigenvalue weighted by Crippen LogP contribution is 2.41. The maximum Gasteiger partial charge on any atom is 0.137 e. The lowest BCUT2D eigenvalue weighted by atomic mass is 9.94. The van der Waals surface area contributed by atoms with Crippen molar-refractivity contribution in [2.24, 2.45) is 0 Å². The van der Waals surface area contributed by atoms with E-state index in [1.54, 1.807) is 7.11 Å². The van der Waals surface area contributed by atoms with Crippen LogP contribution in [0.5, 0.6) is 5.75 Å². The highest BCUT2D eigenvalue weighted by atomic mass is 35.5. The van der Waals surface area contributed by atoms with Crippen LogP contribution in [0, 0.1) is 0 Å². The van der Waals surface area contributed by atoms with Crippen LogP contribution < -0.4 is 9.64 Å². The van der Waals surface area contributed by atoms with E-state index in [4.69, 9.17) is 26.1 Å². The summed E-state index contributed by atoms with van der Waals surface area (Å²) in [6, 6.07) is 18.8. The second-order valence-corrected chi connectivity index (χ2v) is 10.2. The molecule has 0 spiro atoms. The van der Waals surface area contributed by atoms with Gasteiger partial charge in [-0.25, -0.2) is 9.97 Å². The van der Waals surface area contributed by atoms with Gasteiger partial charge in [0.15, 0.2) is 0 Å². The fourth-order valence-electron chi connectivity index (χ4n) is 5.08. The van der Waals surface area contributed by atoms with Gasteiger partial charge in [-0.15, -0.1) is 0 Å². The summed E-state index contributed by atoms with van der Waals surface area (Å²) < 4.78 is 11.8. The number of morpholine rings is 1. The van der Waals surface area contributed by atoms with Crippen LogP contribution >= 0.6 is 11.6 Å². The lowest BCUT2D eigenvalue weighted by molar-refractivity contribution is -0.00545. The van der Waals surface area contributed by atoms with Gasteiger partial charge in [0.2, 0.25) is 0 Å². The summed E-state index contributed by atoms with van der Waals surface area (Å²) >= 11 is 6.64. The van der Waals surface area contributed by atoms with E-state index in [1.165, 1.54) is 0 Å². The van der Waals surface area contributed by atoms with E-state index in [-0.39, 0.29) is 12.2 Å². The van der Waals surface area contributed by atoms with Crippen LogP contribution in [0.25, 0.3) is 33.0 Å². The molecule has 0 radical (unpaired) electrons. The fraction of sp³-hybridized carbons (Fsp3) is 0.333. The third-order valence-corrected chi connectivity index (χ3v) is 7.06. The third-order valence-electron chi connectivity index (χ3n) is 6.77. The van der Waals surface area contributed by atoms with Crippen LogP contribution in [0.15, 0.2) is 60.8 Å². The number of hydrogen-bond acceptors (Lipinski definition) is 5. The highest BCUT2D eigenvalue weighted by Gasteiger charge is 2.23. The van der Waals surface area contributed by atoms with Crippen molar-refractivity contribution in [2.45, 2.75) is 45.8 Å². The summed E-state index contributed by atoms with van der Waals surface area (Å²) in [7, 11) is 1.72. The van der Waals surface area contributed by atoms with Gasteiger partial charge in [0.25, 0.3) is 0 Å². The summed E-state index contributed by atoms with van der Waals surface area (Å²) in [6.45, 7) is 10.1. The van der Waals surface area contributed by atoms with Crippen molar-refractivity contribution >= 4 is 28.2 Å². The Morgan fingerprint density at radius 1 is 0.917 bits per heavy atom. The van der Waals surface area contributed by atoms with Crippen molar-refractivity contribution in [1.29, 1.82) is 0 Å². The number of ether oxygens (including phenoxy) is 2. The molecule has 5 rings (SSSR count). The molecule has 0 N–H and O–H groups in total. The second kappa shape index (κ2) is 10.1. The number of benzene rings is 2. The molecule has 2 aromatic heterocycles. The molecule has 0 bridgehead atoms. The Balaban J connectivity index is 1.53. The van der Waals surface area contributed by atoms with Crippen LogP contribution in [-0.4, -0.2) is 42.4 Å². The van der Waals surface area contributed by atoms with Crippen molar-refractivity contribution in [2.75, 3.05) is 25.1 Å².